The molecule has 23 heavy (non-hydrogen) atoms. The fourth-order valence-electron chi connectivity index (χ4n) is 2.17. The van der Waals surface area contributed by atoms with Gasteiger partial charge in [0.05, 0.1) is 12.4 Å². The molecule has 1 amide bonds. The summed E-state index contributed by atoms with van der Waals surface area (Å²) < 4.78 is 1.88. The highest BCUT2D eigenvalue weighted by Crippen LogP contribution is 2.20. The van der Waals surface area contributed by atoms with Gasteiger partial charge in [0.1, 0.15) is 5.82 Å². The van der Waals surface area contributed by atoms with E-state index >= 15 is 0 Å². The Morgan fingerprint density at radius 3 is 3.04 bits per heavy atom. The molecule has 118 valence electrons. The first-order valence-corrected chi connectivity index (χ1v) is 7.58. The first-order chi connectivity index (χ1) is 11.1. The van der Waals surface area contributed by atoms with Crippen molar-refractivity contribution in [2.75, 3.05) is 17.2 Å². The van der Waals surface area contributed by atoms with Gasteiger partial charge < -0.3 is 10.6 Å². The van der Waals surface area contributed by atoms with Crippen molar-refractivity contribution in [1.29, 1.82) is 0 Å². The van der Waals surface area contributed by atoms with Crippen LogP contribution >= 0.6 is 11.6 Å². The normalized spacial score (nSPS) is 10.7. The first kappa shape index (κ1) is 15.3. The van der Waals surface area contributed by atoms with Gasteiger partial charge in [0.2, 0.25) is 5.91 Å². The predicted molar refractivity (Wildman–Crippen MR) is 90.9 cm³/mol. The van der Waals surface area contributed by atoms with Crippen LogP contribution in [0.4, 0.5) is 11.5 Å². The van der Waals surface area contributed by atoms with Gasteiger partial charge >= 0.3 is 0 Å². The van der Waals surface area contributed by atoms with Gasteiger partial charge in [-0.2, -0.15) is 0 Å². The zero-order chi connectivity index (χ0) is 16.2. The SMILES string of the molecule is Cc1ccc(NC(=O)CCNc2cnc3cnccn23)cc1Cl. The Morgan fingerprint density at radius 2 is 2.22 bits per heavy atom. The van der Waals surface area contributed by atoms with Gasteiger partial charge in [-0.15, -0.1) is 0 Å². The van der Waals surface area contributed by atoms with Crippen LogP contribution in [-0.4, -0.2) is 26.8 Å². The third kappa shape index (κ3) is 3.60. The van der Waals surface area contributed by atoms with Crippen molar-refractivity contribution in [3.8, 4) is 0 Å². The molecule has 1 aromatic carbocycles. The second kappa shape index (κ2) is 6.66. The summed E-state index contributed by atoms with van der Waals surface area (Å²) in [6.07, 6.45) is 7.24. The second-order valence-corrected chi connectivity index (χ2v) is 5.54. The fraction of sp³-hybridized carbons (Fsp3) is 0.188. The molecule has 6 nitrogen and oxygen atoms in total. The molecule has 0 saturated heterocycles. The standard InChI is InChI=1S/C16H16ClN5O/c1-11-2-3-12(8-13(11)17)21-16(23)4-5-19-15-10-20-14-9-18-6-7-22(14)15/h2-3,6-10,19H,4-5H2,1H3,(H,21,23). The Labute approximate surface area is 138 Å². The largest absolute Gasteiger partial charge is 0.369 e. The van der Waals surface area contributed by atoms with Crippen LogP contribution in [-0.2, 0) is 4.79 Å². The number of hydrogen-bond donors (Lipinski definition) is 2. The lowest BCUT2D eigenvalue weighted by Crippen LogP contribution is -2.16. The molecule has 0 saturated carbocycles. The lowest BCUT2D eigenvalue weighted by atomic mass is 10.2. The molecular formula is C16H16ClN5O. The molecule has 3 aromatic rings. The monoisotopic (exact) mass is 329 g/mol. The van der Waals surface area contributed by atoms with Crippen molar-refractivity contribution in [3.05, 3.63) is 53.6 Å². The van der Waals surface area contributed by atoms with Crippen molar-refractivity contribution in [2.24, 2.45) is 0 Å². The van der Waals surface area contributed by atoms with Crippen molar-refractivity contribution in [2.45, 2.75) is 13.3 Å². The van der Waals surface area contributed by atoms with Crippen LogP contribution in [0.1, 0.15) is 12.0 Å². The topological polar surface area (TPSA) is 71.3 Å². The molecule has 0 unspecified atom stereocenters. The molecule has 0 aliphatic carbocycles. The number of amides is 1. The number of hydrogen-bond acceptors (Lipinski definition) is 4. The zero-order valence-corrected chi connectivity index (χ0v) is 13.3. The van der Waals surface area contributed by atoms with E-state index in [9.17, 15) is 4.79 Å². The first-order valence-electron chi connectivity index (χ1n) is 7.20. The second-order valence-electron chi connectivity index (χ2n) is 5.14. The Balaban J connectivity index is 1.54. The number of aryl methyl sites for hydroxylation is 1. The van der Waals surface area contributed by atoms with Crippen molar-refractivity contribution >= 4 is 34.7 Å². The van der Waals surface area contributed by atoms with E-state index in [1.807, 2.05) is 29.7 Å². The molecule has 0 spiro atoms. The van der Waals surface area contributed by atoms with Crippen LogP contribution < -0.4 is 10.6 Å². The number of carbonyl (C=O) groups is 1. The third-order valence-electron chi connectivity index (χ3n) is 3.43. The lowest BCUT2D eigenvalue weighted by molar-refractivity contribution is -0.115. The molecular weight excluding hydrogens is 314 g/mol. The van der Waals surface area contributed by atoms with E-state index < -0.39 is 0 Å². The Hall–Kier alpha value is -2.60. The molecule has 0 radical (unpaired) electrons. The van der Waals surface area contributed by atoms with Crippen LogP contribution in [0.2, 0.25) is 5.02 Å². The van der Waals surface area contributed by atoms with Crippen LogP contribution in [0.5, 0.6) is 0 Å². The third-order valence-corrected chi connectivity index (χ3v) is 3.84. The minimum Gasteiger partial charge on any atom is -0.369 e. The quantitative estimate of drug-likeness (QED) is 0.754. The minimum absolute atomic E-state index is 0.0760. The highest BCUT2D eigenvalue weighted by molar-refractivity contribution is 6.31. The minimum atomic E-state index is -0.0760. The fourth-order valence-corrected chi connectivity index (χ4v) is 2.35. The van der Waals surface area contributed by atoms with Crippen LogP contribution in [0, 0.1) is 6.92 Å². The Kier molecular flexibility index (Phi) is 4.43. The van der Waals surface area contributed by atoms with Crippen LogP contribution in [0.3, 0.4) is 0 Å². The van der Waals surface area contributed by atoms with Crippen molar-refractivity contribution in [1.82, 2.24) is 14.4 Å². The van der Waals surface area contributed by atoms with Gasteiger partial charge in [-0.1, -0.05) is 17.7 Å². The Morgan fingerprint density at radius 1 is 1.35 bits per heavy atom. The number of benzene rings is 1. The summed E-state index contributed by atoms with van der Waals surface area (Å²) in [5.41, 5.74) is 2.44. The van der Waals surface area contributed by atoms with E-state index in [1.54, 1.807) is 24.7 Å². The number of nitrogens with zero attached hydrogens (tertiary/aromatic N) is 3. The molecule has 3 rings (SSSR count). The summed E-state index contributed by atoms with van der Waals surface area (Å²) >= 11 is 6.05. The Bertz CT molecular complexity index is 845. The molecule has 0 aliphatic rings. The lowest BCUT2D eigenvalue weighted by Gasteiger charge is -2.08. The van der Waals surface area contributed by atoms with Gasteiger partial charge in [-0.05, 0) is 24.6 Å². The number of imidazole rings is 1. The van der Waals surface area contributed by atoms with Crippen molar-refractivity contribution < 1.29 is 4.79 Å². The molecule has 0 aliphatic heterocycles. The zero-order valence-electron chi connectivity index (χ0n) is 12.6. The van der Waals surface area contributed by atoms with Gasteiger partial charge in [0.25, 0.3) is 0 Å². The number of nitrogens with one attached hydrogen (secondary N) is 2. The van der Waals surface area contributed by atoms with E-state index in [-0.39, 0.29) is 5.91 Å². The summed E-state index contributed by atoms with van der Waals surface area (Å²) in [4.78, 5) is 20.2. The van der Waals surface area contributed by atoms with Gasteiger partial charge in [0, 0.05) is 36.1 Å². The summed E-state index contributed by atoms with van der Waals surface area (Å²) in [5.74, 6) is 0.751. The van der Waals surface area contributed by atoms with E-state index in [4.69, 9.17) is 11.6 Å². The number of anilines is 2. The summed E-state index contributed by atoms with van der Waals surface area (Å²) in [5, 5.41) is 6.66. The molecule has 7 heteroatoms. The smallest absolute Gasteiger partial charge is 0.226 e. The average molecular weight is 330 g/mol. The molecule has 0 fully saturated rings. The van der Waals surface area contributed by atoms with Crippen LogP contribution in [0.15, 0.2) is 43.0 Å². The van der Waals surface area contributed by atoms with Gasteiger partial charge in [-0.3, -0.25) is 14.2 Å². The molecule has 0 bridgehead atoms. The number of rotatable bonds is 5. The molecule has 0 atom stereocenters. The highest BCUT2D eigenvalue weighted by Gasteiger charge is 2.06. The number of aromatic nitrogens is 3. The highest BCUT2D eigenvalue weighted by atomic mass is 35.5. The van der Waals surface area contributed by atoms with E-state index in [2.05, 4.69) is 20.6 Å². The maximum atomic E-state index is 12.0. The van der Waals surface area contributed by atoms with Crippen molar-refractivity contribution in [3.63, 3.8) is 0 Å². The number of carbonyl (C=O) groups excluding carboxylic acids is 1. The van der Waals surface area contributed by atoms with Gasteiger partial charge in [-0.25, -0.2) is 4.98 Å². The number of fused-ring (bicyclic) bond motifs is 1. The van der Waals surface area contributed by atoms with E-state index in [0.717, 1.165) is 17.0 Å². The molecule has 2 aromatic heterocycles. The maximum Gasteiger partial charge on any atom is 0.226 e. The van der Waals surface area contributed by atoms with Gasteiger partial charge in [0.15, 0.2) is 5.65 Å². The molecule has 2 N–H and O–H groups in total. The summed E-state index contributed by atoms with van der Waals surface area (Å²) in [6, 6.07) is 5.46. The molecule has 2 heterocycles. The average Bonchev–Trinajstić information content (AvgIpc) is 2.94. The summed E-state index contributed by atoms with van der Waals surface area (Å²) in [6.45, 7) is 2.42. The van der Waals surface area contributed by atoms with Crippen LogP contribution in [0.25, 0.3) is 5.65 Å². The summed E-state index contributed by atoms with van der Waals surface area (Å²) in [7, 11) is 0. The maximum absolute atomic E-state index is 12.0. The van der Waals surface area contributed by atoms with E-state index in [0.29, 0.717) is 23.7 Å². The number of halogens is 1. The predicted octanol–water partition coefficient (Wildman–Crippen LogP) is 3.13. The van der Waals surface area contributed by atoms with E-state index in [1.165, 1.54) is 0 Å².